The van der Waals surface area contributed by atoms with Crippen molar-refractivity contribution in [1.82, 2.24) is 5.32 Å². The van der Waals surface area contributed by atoms with Gasteiger partial charge in [-0.3, -0.25) is 4.79 Å². The zero-order valence-electron chi connectivity index (χ0n) is 58.1. The van der Waals surface area contributed by atoms with Crippen molar-refractivity contribution < 1.29 is 40.5 Å². The van der Waals surface area contributed by atoms with Gasteiger partial charge in [-0.05, 0) is 157 Å². The van der Waals surface area contributed by atoms with Crippen LogP contribution < -0.4 is 41.0 Å². The SMILES string of the molecule is CC(C)(C)[Si](C)(C)Oc1cc2c(c(O[Si](C)(C)C(C)(C)C)c1)C[C@@H](NC(=O)c1cc(O[Si](C)(C)C(C)(C)C)c(O[Si](C)(C)C(C)(C)C)c(O[Si](C)(C)C(C)(C)C)c1)[C@@H](c1ccc(O[Si](C)(C)C(C)(C)C)c(O[Si](C)(C)C(C)(C)C)c1)O2. The first kappa shape index (κ1) is 70.5. The second kappa shape index (κ2) is 22.7. The van der Waals surface area contributed by atoms with E-state index in [4.69, 9.17) is 35.7 Å². The average molecular weight is 1240 g/mol. The predicted molar refractivity (Wildman–Crippen MR) is 362 cm³/mol. The van der Waals surface area contributed by atoms with Crippen molar-refractivity contribution in [2.75, 3.05) is 0 Å². The molecule has 0 spiro atoms. The summed E-state index contributed by atoms with van der Waals surface area (Å²) in [6.07, 6.45) is -0.273. The lowest BCUT2D eigenvalue weighted by Gasteiger charge is -2.42. The molecule has 0 aromatic heterocycles. The number of hydrogen-bond acceptors (Lipinski definition) is 9. The molecule has 0 fully saturated rings. The van der Waals surface area contributed by atoms with Gasteiger partial charge in [-0.2, -0.15) is 0 Å². The lowest BCUT2D eigenvalue weighted by atomic mass is 9.91. The summed E-state index contributed by atoms with van der Waals surface area (Å²) in [6.45, 7) is 78.9. The molecule has 1 heterocycles. The molecule has 1 N–H and O–H groups in total. The first-order valence-corrected chi connectivity index (χ1v) is 50.3. The molecule has 0 saturated carbocycles. The molecule has 1 amide bonds. The van der Waals surface area contributed by atoms with Crippen LogP contribution in [0.1, 0.15) is 173 Å². The number of carbonyl (C=O) groups is 1. The van der Waals surface area contributed by atoms with Crippen LogP contribution in [0.4, 0.5) is 0 Å². The predicted octanol–water partition coefficient (Wildman–Crippen LogP) is 20.8. The summed E-state index contributed by atoms with van der Waals surface area (Å²) in [7, 11) is -17.2. The van der Waals surface area contributed by atoms with Gasteiger partial charge in [0.25, 0.3) is 47.5 Å². The van der Waals surface area contributed by atoms with Gasteiger partial charge in [-0.25, -0.2) is 0 Å². The summed E-state index contributed by atoms with van der Waals surface area (Å²) in [6, 6.07) is 13.6. The van der Waals surface area contributed by atoms with Crippen LogP contribution in [0.3, 0.4) is 0 Å². The van der Waals surface area contributed by atoms with E-state index in [-0.39, 0.29) is 41.2 Å². The second-order valence-electron chi connectivity index (χ2n) is 34.3. The van der Waals surface area contributed by atoms with Crippen LogP contribution in [0.15, 0.2) is 42.5 Å². The third kappa shape index (κ3) is 16.1. The maximum Gasteiger partial charge on any atom is 0.251 e. The molecule has 3 aromatic carbocycles. The molecule has 0 aliphatic carbocycles. The Balaban J connectivity index is 2.17. The van der Waals surface area contributed by atoms with Gasteiger partial charge < -0.3 is 41.0 Å². The first-order chi connectivity index (χ1) is 35.7. The Morgan fingerprint density at radius 3 is 1.12 bits per heavy atom. The molecule has 81 heavy (non-hydrogen) atoms. The van der Waals surface area contributed by atoms with E-state index in [0.717, 1.165) is 28.4 Å². The fourth-order valence-electron chi connectivity index (χ4n) is 7.10. The largest absolute Gasteiger partial charge is 0.543 e. The summed E-state index contributed by atoms with van der Waals surface area (Å²) in [5.41, 5.74) is 2.16. The van der Waals surface area contributed by atoms with Crippen molar-refractivity contribution >= 4 is 64.1 Å². The standard InChI is InChI=1S/C64H117NO9Si7/c1-58(2,3)75(22,23)68-46-41-50-47(51(42-46)70-77(26,27)60(7,8)9)43-48(55(67-50)44-36-37-49(69-76(24,25)59(4,5)6)52(38-44)71-78(28,29)61(10,11)12)65-57(66)45-39-53(72-79(30,31)62(13,14)15)56(74-81(34,35)64(19,20)21)54(40-45)73-80(32,33)63(16,17)18/h36-42,48,55H,43H2,1-35H3,(H,65,66)/t48-,55-/m1/s1. The maximum absolute atomic E-state index is 15.8. The minimum Gasteiger partial charge on any atom is -0.543 e. The molecular weight excluding hydrogens is 1120 g/mol. The Morgan fingerprint density at radius 1 is 0.407 bits per heavy atom. The van der Waals surface area contributed by atoms with E-state index in [2.05, 4.69) is 273 Å². The molecule has 3 aromatic rings. The fourth-order valence-corrected chi connectivity index (χ4v) is 14.2. The highest BCUT2D eigenvalue weighted by molar-refractivity contribution is 6.77. The number of rotatable bonds is 17. The van der Waals surface area contributed by atoms with E-state index < -0.39 is 70.4 Å². The summed E-state index contributed by atoms with van der Waals surface area (Å²) < 4.78 is 58.4. The lowest BCUT2D eigenvalue weighted by Crippen LogP contribution is -2.47. The minimum absolute atomic E-state index is 0.0555. The Kier molecular flexibility index (Phi) is 19.8. The van der Waals surface area contributed by atoms with Gasteiger partial charge in [0.05, 0.1) is 6.04 Å². The van der Waals surface area contributed by atoms with E-state index in [1.807, 2.05) is 12.1 Å². The second-order valence-corrected chi connectivity index (χ2v) is 67.3. The monoisotopic (exact) mass is 1240 g/mol. The van der Waals surface area contributed by atoms with Crippen molar-refractivity contribution in [3.05, 3.63) is 59.2 Å². The zero-order valence-corrected chi connectivity index (χ0v) is 65.1. The number of hydrogen-bond donors (Lipinski definition) is 1. The number of carbonyl (C=O) groups excluding carboxylic acids is 1. The van der Waals surface area contributed by atoms with E-state index in [1.54, 1.807) is 0 Å². The molecule has 1 aliphatic rings. The van der Waals surface area contributed by atoms with Crippen molar-refractivity contribution in [2.24, 2.45) is 0 Å². The average Bonchev–Trinajstić information content (AvgIpc) is 3.21. The first-order valence-electron chi connectivity index (χ1n) is 30.0. The fraction of sp³-hybridized carbons (Fsp3) is 0.703. The van der Waals surface area contributed by atoms with E-state index in [0.29, 0.717) is 40.7 Å². The van der Waals surface area contributed by atoms with Crippen LogP contribution in [0.25, 0.3) is 0 Å². The van der Waals surface area contributed by atoms with Crippen LogP contribution >= 0.6 is 0 Å². The topological polar surface area (TPSA) is 103 Å². The number of amides is 1. The highest BCUT2D eigenvalue weighted by Gasteiger charge is 2.49. The van der Waals surface area contributed by atoms with Crippen LogP contribution in [0, 0.1) is 0 Å². The lowest BCUT2D eigenvalue weighted by molar-refractivity contribution is 0.0837. The molecule has 460 valence electrons. The van der Waals surface area contributed by atoms with Gasteiger partial charge in [0.15, 0.2) is 5.75 Å². The molecule has 4 rings (SSSR count). The van der Waals surface area contributed by atoms with Gasteiger partial charge in [0.1, 0.15) is 46.4 Å². The van der Waals surface area contributed by atoms with E-state index in [9.17, 15) is 0 Å². The molecule has 0 unspecified atom stereocenters. The van der Waals surface area contributed by atoms with Crippen LogP contribution in [-0.4, -0.2) is 70.2 Å². The number of nitrogens with one attached hydrogen (secondary N) is 1. The van der Waals surface area contributed by atoms with Gasteiger partial charge >= 0.3 is 0 Å². The highest BCUT2D eigenvalue weighted by Crippen LogP contribution is 2.53. The Bertz CT molecular complexity index is 2690. The van der Waals surface area contributed by atoms with Gasteiger partial charge in [-0.1, -0.05) is 151 Å². The van der Waals surface area contributed by atoms with Crippen LogP contribution in [0.2, 0.25) is 127 Å². The maximum atomic E-state index is 15.8. The molecule has 17 heteroatoms. The van der Waals surface area contributed by atoms with Crippen molar-refractivity contribution in [3.63, 3.8) is 0 Å². The Hall–Kier alpha value is -2.95. The van der Waals surface area contributed by atoms with Gasteiger partial charge in [0, 0.05) is 29.7 Å². The molecule has 10 nitrogen and oxygen atoms in total. The molecule has 2 atom stereocenters. The van der Waals surface area contributed by atoms with Crippen LogP contribution in [-0.2, 0) is 6.42 Å². The van der Waals surface area contributed by atoms with Crippen molar-refractivity contribution in [3.8, 4) is 46.0 Å². The smallest absolute Gasteiger partial charge is 0.251 e. The van der Waals surface area contributed by atoms with Gasteiger partial charge in [-0.15, -0.1) is 0 Å². The molecule has 0 bridgehead atoms. The summed E-state index contributed by atoms with van der Waals surface area (Å²) >= 11 is 0. The quantitative estimate of drug-likeness (QED) is 0.132. The zero-order chi connectivity index (χ0) is 63.1. The van der Waals surface area contributed by atoms with Crippen molar-refractivity contribution in [2.45, 2.75) is 291 Å². The minimum atomic E-state index is -2.54. The molecule has 1 aliphatic heterocycles. The summed E-state index contributed by atoms with van der Waals surface area (Å²) in [5.74, 6) is 4.92. The molecular formula is C64H117NO9Si7. The third-order valence-corrected chi connectivity index (χ3v) is 50.7. The third-order valence-electron chi connectivity index (χ3n) is 20.3. The summed E-state index contributed by atoms with van der Waals surface area (Å²) in [4.78, 5) is 15.8. The Morgan fingerprint density at radius 2 is 0.741 bits per heavy atom. The van der Waals surface area contributed by atoms with Crippen LogP contribution in [0.5, 0.6) is 46.0 Å². The number of fused-ring (bicyclic) bond motifs is 1. The van der Waals surface area contributed by atoms with Crippen molar-refractivity contribution in [1.29, 1.82) is 0 Å². The van der Waals surface area contributed by atoms with E-state index in [1.165, 1.54) is 0 Å². The van der Waals surface area contributed by atoms with Gasteiger partial charge in [0.2, 0.25) is 16.6 Å². The molecule has 0 radical (unpaired) electrons. The normalized spacial score (nSPS) is 16.9. The number of benzene rings is 3. The summed E-state index contributed by atoms with van der Waals surface area (Å²) in [5, 5.41) is 2.85. The van der Waals surface area contributed by atoms with E-state index >= 15 is 4.79 Å². The number of ether oxygens (including phenoxy) is 1. The highest BCUT2D eigenvalue weighted by atomic mass is 28.4. The Labute approximate surface area is 502 Å². The molecule has 0 saturated heterocycles.